The van der Waals surface area contributed by atoms with Gasteiger partial charge in [-0.1, -0.05) is 0 Å². The first kappa shape index (κ1) is 13.7. The predicted octanol–water partition coefficient (Wildman–Crippen LogP) is 2.81. The van der Waals surface area contributed by atoms with Crippen LogP contribution in [-0.4, -0.2) is 27.5 Å². The van der Waals surface area contributed by atoms with Crippen molar-refractivity contribution in [1.29, 1.82) is 0 Å². The predicted molar refractivity (Wildman–Crippen MR) is 82.8 cm³/mol. The van der Waals surface area contributed by atoms with Gasteiger partial charge in [-0.05, 0) is 56.3 Å². The highest BCUT2D eigenvalue weighted by Crippen LogP contribution is 2.56. The van der Waals surface area contributed by atoms with Gasteiger partial charge < -0.3 is 10.6 Å². The summed E-state index contributed by atoms with van der Waals surface area (Å²) in [6, 6.07) is 0. The lowest BCUT2D eigenvalue weighted by Crippen LogP contribution is -2.55. The van der Waals surface area contributed by atoms with E-state index in [0.717, 1.165) is 37.0 Å². The van der Waals surface area contributed by atoms with Crippen molar-refractivity contribution in [3.63, 3.8) is 0 Å². The first-order valence-electron chi connectivity index (χ1n) is 8.04. The lowest BCUT2D eigenvalue weighted by atomic mass is 9.53. The number of anilines is 2. The number of hydrogen-bond donors (Lipinski definition) is 2. The van der Waals surface area contributed by atoms with Gasteiger partial charge >= 0.3 is 5.69 Å². The van der Waals surface area contributed by atoms with Crippen molar-refractivity contribution in [3.8, 4) is 0 Å². The normalized spacial score (nSPS) is 35.4. The molecule has 4 fully saturated rings. The van der Waals surface area contributed by atoms with Gasteiger partial charge in [-0.15, -0.1) is 0 Å². The fourth-order valence-electron chi connectivity index (χ4n) is 5.34. The summed E-state index contributed by atoms with van der Waals surface area (Å²) in [6.07, 6.45) is 8.78. The molecule has 0 amide bonds. The number of nitrogens with zero attached hydrogens (tertiary/aromatic N) is 3. The Labute approximate surface area is 129 Å². The number of nitro groups is 1. The highest BCUT2D eigenvalue weighted by molar-refractivity contribution is 5.69. The Hall–Kier alpha value is -1.92. The van der Waals surface area contributed by atoms with E-state index < -0.39 is 4.92 Å². The zero-order valence-electron chi connectivity index (χ0n) is 12.7. The minimum Gasteiger partial charge on any atom is -0.367 e. The summed E-state index contributed by atoms with van der Waals surface area (Å²) in [7, 11) is 1.64. The summed E-state index contributed by atoms with van der Waals surface area (Å²) in [6.45, 7) is 0. The molecule has 4 saturated carbocycles. The molecule has 4 aliphatic carbocycles. The van der Waals surface area contributed by atoms with Gasteiger partial charge in [-0.3, -0.25) is 10.1 Å². The lowest BCUT2D eigenvalue weighted by molar-refractivity contribution is -0.383. The van der Waals surface area contributed by atoms with E-state index in [1.807, 2.05) is 0 Å². The molecule has 0 atom stereocenters. The van der Waals surface area contributed by atoms with Crippen molar-refractivity contribution in [1.82, 2.24) is 9.97 Å². The van der Waals surface area contributed by atoms with Crippen molar-refractivity contribution in [2.24, 2.45) is 17.8 Å². The fraction of sp³-hybridized carbons (Fsp3) is 0.733. The fourth-order valence-corrected chi connectivity index (χ4v) is 5.34. The molecule has 2 N–H and O–H groups in total. The molecule has 118 valence electrons. The molecule has 1 heterocycles. The van der Waals surface area contributed by atoms with Crippen molar-refractivity contribution >= 4 is 17.3 Å². The second-order valence-corrected chi connectivity index (χ2v) is 7.25. The van der Waals surface area contributed by atoms with Gasteiger partial charge in [-0.2, -0.15) is 0 Å². The van der Waals surface area contributed by atoms with E-state index in [9.17, 15) is 10.1 Å². The second-order valence-electron chi connectivity index (χ2n) is 7.25. The Bertz CT molecular complexity index is 583. The van der Waals surface area contributed by atoms with E-state index in [1.165, 1.54) is 25.6 Å². The summed E-state index contributed by atoms with van der Waals surface area (Å²) in [5, 5.41) is 17.7. The third kappa shape index (κ3) is 2.10. The molecule has 7 nitrogen and oxygen atoms in total. The van der Waals surface area contributed by atoms with Crippen LogP contribution in [0.2, 0.25) is 0 Å². The molecule has 0 aliphatic heterocycles. The minimum absolute atomic E-state index is 0.00112. The summed E-state index contributed by atoms with van der Waals surface area (Å²) >= 11 is 0. The molecule has 4 bridgehead atoms. The third-order valence-electron chi connectivity index (χ3n) is 5.66. The Morgan fingerprint density at radius 3 is 2.18 bits per heavy atom. The maximum atomic E-state index is 11.4. The Morgan fingerprint density at radius 1 is 1.14 bits per heavy atom. The summed E-state index contributed by atoms with van der Waals surface area (Å²) in [4.78, 5) is 19.2. The van der Waals surface area contributed by atoms with Crippen LogP contribution in [0, 0.1) is 27.9 Å². The lowest BCUT2D eigenvalue weighted by Gasteiger charge is -2.57. The quantitative estimate of drug-likeness (QED) is 0.656. The molecule has 1 aromatic heterocycles. The van der Waals surface area contributed by atoms with Gasteiger partial charge in [0.2, 0.25) is 11.6 Å². The highest BCUT2D eigenvalue weighted by Gasteiger charge is 2.51. The monoisotopic (exact) mass is 303 g/mol. The minimum atomic E-state index is -0.394. The van der Waals surface area contributed by atoms with Crippen LogP contribution in [0.25, 0.3) is 0 Å². The molecule has 22 heavy (non-hydrogen) atoms. The van der Waals surface area contributed by atoms with E-state index in [1.54, 1.807) is 7.05 Å². The van der Waals surface area contributed by atoms with Crippen LogP contribution in [0.5, 0.6) is 0 Å². The van der Waals surface area contributed by atoms with Crippen molar-refractivity contribution in [2.45, 2.75) is 44.1 Å². The van der Waals surface area contributed by atoms with E-state index in [0.29, 0.717) is 5.82 Å². The molecule has 0 unspecified atom stereocenters. The van der Waals surface area contributed by atoms with Crippen LogP contribution in [0.1, 0.15) is 38.5 Å². The number of aromatic nitrogens is 2. The SMILES string of the molecule is CNc1ncnc(NC23CC4CC(CC(C4)C2)C3)c1[N+](=O)[O-]. The third-order valence-corrected chi connectivity index (χ3v) is 5.66. The maximum absolute atomic E-state index is 11.4. The molecular weight excluding hydrogens is 282 g/mol. The Kier molecular flexibility index (Phi) is 2.99. The Morgan fingerprint density at radius 2 is 1.68 bits per heavy atom. The zero-order valence-corrected chi connectivity index (χ0v) is 12.7. The van der Waals surface area contributed by atoms with Gasteiger partial charge in [0.25, 0.3) is 0 Å². The average molecular weight is 303 g/mol. The smallest absolute Gasteiger partial charge is 0.353 e. The van der Waals surface area contributed by atoms with Gasteiger partial charge in [0.1, 0.15) is 6.33 Å². The summed E-state index contributed by atoms with van der Waals surface area (Å²) in [5.41, 5.74) is -0.0421. The van der Waals surface area contributed by atoms with E-state index in [2.05, 4.69) is 20.6 Å². The number of nitrogens with one attached hydrogen (secondary N) is 2. The van der Waals surface area contributed by atoms with Crippen LogP contribution in [-0.2, 0) is 0 Å². The second kappa shape index (κ2) is 4.79. The van der Waals surface area contributed by atoms with Crippen molar-refractivity contribution < 1.29 is 4.92 Å². The average Bonchev–Trinajstić information content (AvgIpc) is 2.44. The van der Waals surface area contributed by atoms with E-state index in [-0.39, 0.29) is 17.0 Å². The Balaban J connectivity index is 1.68. The van der Waals surface area contributed by atoms with Crippen LogP contribution in [0.4, 0.5) is 17.3 Å². The first-order chi connectivity index (χ1) is 10.6. The van der Waals surface area contributed by atoms with E-state index in [4.69, 9.17) is 0 Å². The number of rotatable bonds is 4. The molecule has 0 saturated heterocycles. The molecule has 5 rings (SSSR count). The molecule has 0 aromatic carbocycles. The van der Waals surface area contributed by atoms with Gasteiger partial charge in [0.05, 0.1) is 4.92 Å². The summed E-state index contributed by atoms with van der Waals surface area (Å²) in [5.74, 6) is 2.98. The molecular formula is C15H21N5O2. The van der Waals surface area contributed by atoms with Crippen molar-refractivity contribution in [3.05, 3.63) is 16.4 Å². The molecule has 7 heteroatoms. The topological polar surface area (TPSA) is 93.0 Å². The zero-order chi connectivity index (χ0) is 15.3. The molecule has 0 radical (unpaired) electrons. The van der Waals surface area contributed by atoms with Crippen LogP contribution < -0.4 is 10.6 Å². The summed E-state index contributed by atoms with van der Waals surface area (Å²) < 4.78 is 0. The van der Waals surface area contributed by atoms with Crippen LogP contribution >= 0.6 is 0 Å². The standard InChI is InChI=1S/C15H21N5O2/c1-16-13-12(20(21)22)14(18-8-17-13)19-15-5-9-2-10(6-15)4-11(3-9)7-15/h8-11H,2-7H2,1H3,(H2,16,17,18,19). The molecule has 1 aromatic rings. The highest BCUT2D eigenvalue weighted by atomic mass is 16.6. The van der Waals surface area contributed by atoms with Gasteiger partial charge in [-0.25, -0.2) is 9.97 Å². The van der Waals surface area contributed by atoms with E-state index >= 15 is 0 Å². The first-order valence-corrected chi connectivity index (χ1v) is 8.04. The molecule has 0 spiro atoms. The number of hydrogen-bond acceptors (Lipinski definition) is 6. The van der Waals surface area contributed by atoms with Gasteiger partial charge in [0.15, 0.2) is 0 Å². The van der Waals surface area contributed by atoms with Gasteiger partial charge in [0, 0.05) is 12.6 Å². The van der Waals surface area contributed by atoms with Crippen molar-refractivity contribution in [2.75, 3.05) is 17.7 Å². The van der Waals surface area contributed by atoms with Crippen LogP contribution in [0.15, 0.2) is 6.33 Å². The largest absolute Gasteiger partial charge is 0.367 e. The van der Waals surface area contributed by atoms with Crippen LogP contribution in [0.3, 0.4) is 0 Å². The molecule has 4 aliphatic rings. The maximum Gasteiger partial charge on any atom is 0.353 e.